The van der Waals surface area contributed by atoms with Crippen molar-refractivity contribution in [1.82, 2.24) is 14.9 Å². The number of sulfonamides is 1. The van der Waals surface area contributed by atoms with Crippen LogP contribution in [0.15, 0.2) is 52.1 Å². The maximum atomic E-state index is 13.2. The Morgan fingerprint density at radius 1 is 1.06 bits per heavy atom. The second kappa shape index (κ2) is 9.00. The zero-order chi connectivity index (χ0) is 23.6. The Hall–Kier alpha value is -3.77. The van der Waals surface area contributed by atoms with Gasteiger partial charge in [-0.3, -0.25) is 9.40 Å². The van der Waals surface area contributed by atoms with Crippen LogP contribution in [-0.4, -0.2) is 49.8 Å². The van der Waals surface area contributed by atoms with Crippen LogP contribution < -0.4 is 18.9 Å². The van der Waals surface area contributed by atoms with E-state index in [0.717, 1.165) is 5.56 Å². The Bertz CT molecular complexity index is 1370. The van der Waals surface area contributed by atoms with E-state index in [4.69, 9.17) is 18.7 Å². The van der Waals surface area contributed by atoms with Crippen LogP contribution in [0.2, 0.25) is 0 Å². The first-order chi connectivity index (χ1) is 15.9. The fraction of sp³-hybridized carbons (Fsp3) is 0.238. The summed E-state index contributed by atoms with van der Waals surface area (Å²) in [6.45, 7) is 0.275. The van der Waals surface area contributed by atoms with E-state index in [2.05, 4.69) is 15.0 Å². The van der Waals surface area contributed by atoms with Crippen molar-refractivity contribution in [2.45, 2.75) is 18.0 Å². The number of aliphatic hydroxyl groups is 1. The fourth-order valence-corrected chi connectivity index (χ4v) is 4.76. The van der Waals surface area contributed by atoms with Gasteiger partial charge in [0.2, 0.25) is 0 Å². The number of fused-ring (bicyclic) bond motifs is 1. The van der Waals surface area contributed by atoms with Gasteiger partial charge in [0, 0.05) is 11.8 Å². The molecule has 0 aliphatic heterocycles. The third-order valence-electron chi connectivity index (χ3n) is 4.91. The van der Waals surface area contributed by atoms with Gasteiger partial charge in [-0.25, -0.2) is 8.42 Å². The first kappa shape index (κ1) is 22.4. The number of methoxy groups -OCH3 is 3. The highest BCUT2D eigenvalue weighted by atomic mass is 32.2. The van der Waals surface area contributed by atoms with Gasteiger partial charge >= 0.3 is 0 Å². The highest BCUT2D eigenvalue weighted by molar-refractivity contribution is 7.93. The molecule has 0 spiro atoms. The molecule has 2 N–H and O–H groups in total. The molecule has 12 heteroatoms. The molecular weight excluding hydrogens is 452 g/mol. The van der Waals surface area contributed by atoms with Gasteiger partial charge in [-0.1, -0.05) is 11.2 Å². The standard InChI is InChI=1S/C21H22N4O7S/c1-29-15-5-4-6-16(30-2)20(15)33(27,28)24-21-19-17(31-3)7-13(8-18(19)32-23-21)10-25-11-14(12-26)9-22-25/h4-9,11,26H,10,12H2,1-3H3,(H,23,24). The molecule has 0 amide bonds. The second-order valence-electron chi connectivity index (χ2n) is 7.00. The summed E-state index contributed by atoms with van der Waals surface area (Å²) in [5, 5.41) is 17.7. The molecule has 11 nitrogen and oxygen atoms in total. The molecule has 0 saturated carbocycles. The lowest BCUT2D eigenvalue weighted by atomic mass is 10.1. The lowest BCUT2D eigenvalue weighted by Gasteiger charge is -2.14. The summed E-state index contributed by atoms with van der Waals surface area (Å²) in [5.74, 6) is 0.557. The van der Waals surface area contributed by atoms with E-state index < -0.39 is 10.0 Å². The number of hydrogen-bond donors (Lipinski definition) is 2. The quantitative estimate of drug-likeness (QED) is 0.374. The lowest BCUT2D eigenvalue weighted by molar-refractivity contribution is 0.281. The summed E-state index contributed by atoms with van der Waals surface area (Å²) in [4.78, 5) is -0.167. The van der Waals surface area contributed by atoms with E-state index >= 15 is 0 Å². The van der Waals surface area contributed by atoms with Crippen LogP contribution in [0.25, 0.3) is 11.0 Å². The molecule has 4 aromatic rings. The Labute approximate surface area is 189 Å². The van der Waals surface area contributed by atoms with Crippen molar-refractivity contribution in [3.05, 3.63) is 53.9 Å². The molecule has 2 aromatic carbocycles. The van der Waals surface area contributed by atoms with E-state index in [1.165, 1.54) is 33.5 Å². The van der Waals surface area contributed by atoms with Crippen molar-refractivity contribution in [3.8, 4) is 17.2 Å². The Morgan fingerprint density at radius 2 is 1.76 bits per heavy atom. The average Bonchev–Trinajstić information content (AvgIpc) is 3.44. The molecule has 33 heavy (non-hydrogen) atoms. The second-order valence-corrected chi connectivity index (χ2v) is 8.62. The molecule has 0 radical (unpaired) electrons. The number of nitrogens with zero attached hydrogens (tertiary/aromatic N) is 3. The van der Waals surface area contributed by atoms with Crippen LogP contribution in [-0.2, 0) is 23.2 Å². The highest BCUT2D eigenvalue weighted by Crippen LogP contribution is 2.38. The number of aliphatic hydroxyl groups excluding tert-OH is 1. The van der Waals surface area contributed by atoms with Gasteiger partial charge in [0.05, 0.1) is 40.7 Å². The minimum Gasteiger partial charge on any atom is -0.496 e. The SMILES string of the molecule is COc1cccc(OC)c1S(=O)(=O)Nc1noc2cc(Cn3cc(CO)cn3)cc(OC)c12. The summed E-state index contributed by atoms with van der Waals surface area (Å²) < 4.78 is 51.8. The normalized spacial score (nSPS) is 11.5. The average molecular weight is 474 g/mol. The molecule has 4 rings (SSSR count). The largest absolute Gasteiger partial charge is 0.496 e. The fourth-order valence-electron chi connectivity index (χ4n) is 3.43. The van der Waals surface area contributed by atoms with Crippen LogP contribution in [0.5, 0.6) is 17.2 Å². The molecule has 2 aromatic heterocycles. The maximum absolute atomic E-state index is 13.2. The Morgan fingerprint density at radius 3 is 2.36 bits per heavy atom. The van der Waals surface area contributed by atoms with Gasteiger partial charge in [-0.15, -0.1) is 0 Å². The molecule has 2 heterocycles. The predicted molar refractivity (Wildman–Crippen MR) is 118 cm³/mol. The zero-order valence-corrected chi connectivity index (χ0v) is 18.9. The van der Waals surface area contributed by atoms with Crippen LogP contribution in [0.1, 0.15) is 11.1 Å². The van der Waals surface area contributed by atoms with Gasteiger partial charge in [0.25, 0.3) is 10.0 Å². The van der Waals surface area contributed by atoms with Crippen LogP contribution in [0.4, 0.5) is 5.82 Å². The number of ether oxygens (including phenoxy) is 3. The molecule has 0 fully saturated rings. The van der Waals surface area contributed by atoms with E-state index in [0.29, 0.717) is 28.8 Å². The van der Waals surface area contributed by atoms with Crippen LogP contribution in [0.3, 0.4) is 0 Å². The summed E-state index contributed by atoms with van der Waals surface area (Å²) in [7, 11) is 0.0393. The minimum atomic E-state index is -4.16. The van der Waals surface area contributed by atoms with E-state index in [1.54, 1.807) is 35.3 Å². The molecular formula is C21H22N4O7S. The molecule has 0 aliphatic rings. The van der Waals surface area contributed by atoms with Crippen molar-refractivity contribution < 1.29 is 32.3 Å². The molecule has 0 saturated heterocycles. The monoisotopic (exact) mass is 474 g/mol. The number of hydrogen-bond acceptors (Lipinski definition) is 9. The van der Waals surface area contributed by atoms with Crippen molar-refractivity contribution in [1.29, 1.82) is 0 Å². The van der Waals surface area contributed by atoms with Crippen LogP contribution in [0, 0.1) is 0 Å². The zero-order valence-electron chi connectivity index (χ0n) is 18.1. The summed E-state index contributed by atoms with van der Waals surface area (Å²) in [5.41, 5.74) is 1.79. The third-order valence-corrected chi connectivity index (χ3v) is 6.32. The smallest absolute Gasteiger partial charge is 0.270 e. The van der Waals surface area contributed by atoms with Crippen molar-refractivity contribution in [2.75, 3.05) is 26.1 Å². The van der Waals surface area contributed by atoms with E-state index in [1.807, 2.05) is 0 Å². The molecule has 0 bridgehead atoms. The number of nitrogens with one attached hydrogen (secondary N) is 1. The Kier molecular flexibility index (Phi) is 6.11. The maximum Gasteiger partial charge on any atom is 0.270 e. The van der Waals surface area contributed by atoms with Gasteiger partial charge in [0.15, 0.2) is 16.3 Å². The van der Waals surface area contributed by atoms with Crippen molar-refractivity contribution in [2.24, 2.45) is 0 Å². The first-order valence-electron chi connectivity index (χ1n) is 9.72. The molecule has 0 unspecified atom stereocenters. The van der Waals surface area contributed by atoms with Crippen molar-refractivity contribution in [3.63, 3.8) is 0 Å². The third kappa shape index (κ3) is 4.30. The van der Waals surface area contributed by atoms with Gasteiger partial charge < -0.3 is 23.8 Å². The van der Waals surface area contributed by atoms with Crippen molar-refractivity contribution >= 4 is 26.8 Å². The summed E-state index contributed by atoms with van der Waals surface area (Å²) in [6, 6.07) is 8.11. The highest BCUT2D eigenvalue weighted by Gasteiger charge is 2.28. The number of aromatic nitrogens is 3. The number of benzene rings is 2. The first-order valence-corrected chi connectivity index (χ1v) is 11.2. The predicted octanol–water partition coefficient (Wildman–Crippen LogP) is 2.39. The number of rotatable bonds is 9. The molecule has 0 aliphatic carbocycles. The molecule has 0 atom stereocenters. The van der Waals surface area contributed by atoms with Gasteiger partial charge in [-0.05, 0) is 29.8 Å². The number of anilines is 1. The van der Waals surface area contributed by atoms with Gasteiger partial charge in [0.1, 0.15) is 22.6 Å². The van der Waals surface area contributed by atoms with E-state index in [9.17, 15) is 13.5 Å². The summed E-state index contributed by atoms with van der Waals surface area (Å²) in [6.07, 6.45) is 3.29. The Balaban J connectivity index is 1.72. The summed E-state index contributed by atoms with van der Waals surface area (Å²) >= 11 is 0. The van der Waals surface area contributed by atoms with E-state index in [-0.39, 0.29) is 28.8 Å². The lowest BCUT2D eigenvalue weighted by Crippen LogP contribution is -2.15. The molecule has 174 valence electrons. The topological polar surface area (TPSA) is 138 Å². The van der Waals surface area contributed by atoms with Crippen LogP contribution >= 0.6 is 0 Å². The van der Waals surface area contributed by atoms with Gasteiger partial charge in [-0.2, -0.15) is 5.10 Å². The minimum absolute atomic E-state index is 0.0389.